The maximum absolute atomic E-state index is 11.0. The number of aromatic nitrogens is 1. The van der Waals surface area contributed by atoms with Gasteiger partial charge < -0.3 is 5.32 Å². The number of benzene rings is 2. The van der Waals surface area contributed by atoms with Crippen molar-refractivity contribution in [3.63, 3.8) is 0 Å². The van der Waals surface area contributed by atoms with Gasteiger partial charge >= 0.3 is 0 Å². The number of nitro groups is 1. The van der Waals surface area contributed by atoms with Crippen molar-refractivity contribution in [1.82, 2.24) is 4.98 Å². The highest BCUT2D eigenvalue weighted by Crippen LogP contribution is 2.39. The van der Waals surface area contributed by atoms with Crippen LogP contribution in [0.5, 0.6) is 0 Å². The lowest BCUT2D eigenvalue weighted by Crippen LogP contribution is -2.00. The second-order valence-corrected chi connectivity index (χ2v) is 6.34. The fourth-order valence-electron chi connectivity index (χ4n) is 2.81. The zero-order chi connectivity index (χ0) is 15.8. The average Bonchev–Trinajstić information content (AvgIpc) is 3.03. The fourth-order valence-corrected chi connectivity index (χ4v) is 3.86. The number of hydrogen-bond acceptors (Lipinski definition) is 5. The molecule has 1 aliphatic heterocycles. The standard InChI is InChI=1S/C17H13N3O2S/c21-20(22)12-5-3-4-11(8-12)18-17-13-6-1-2-7-15(13)19-16-10-23-9-14(16)17/h1-8H,9-10H2,(H,18,19). The van der Waals surface area contributed by atoms with E-state index >= 15 is 0 Å². The molecule has 1 aliphatic rings. The van der Waals surface area contributed by atoms with Crippen molar-refractivity contribution < 1.29 is 4.92 Å². The zero-order valence-electron chi connectivity index (χ0n) is 12.2. The number of hydrogen-bond donors (Lipinski definition) is 1. The Kier molecular flexibility index (Phi) is 3.38. The second-order valence-electron chi connectivity index (χ2n) is 5.35. The van der Waals surface area contributed by atoms with Crippen LogP contribution in [0, 0.1) is 10.1 Å². The van der Waals surface area contributed by atoms with Gasteiger partial charge in [0, 0.05) is 40.3 Å². The first-order chi connectivity index (χ1) is 11.2. The van der Waals surface area contributed by atoms with Crippen LogP contribution >= 0.6 is 11.8 Å². The number of non-ortho nitro benzene ring substituents is 1. The van der Waals surface area contributed by atoms with Crippen LogP contribution in [-0.2, 0) is 11.5 Å². The third-order valence-electron chi connectivity index (χ3n) is 3.89. The fraction of sp³-hybridized carbons (Fsp3) is 0.118. The Morgan fingerprint density at radius 3 is 2.87 bits per heavy atom. The van der Waals surface area contributed by atoms with Gasteiger partial charge in [0.25, 0.3) is 5.69 Å². The van der Waals surface area contributed by atoms with Crippen LogP contribution in [0.2, 0.25) is 0 Å². The summed E-state index contributed by atoms with van der Waals surface area (Å²) in [5.41, 5.74) is 5.05. The smallest absolute Gasteiger partial charge is 0.271 e. The van der Waals surface area contributed by atoms with Crippen molar-refractivity contribution in [1.29, 1.82) is 0 Å². The van der Waals surface area contributed by atoms with E-state index in [9.17, 15) is 10.1 Å². The number of nitrogens with zero attached hydrogens (tertiary/aromatic N) is 2. The highest BCUT2D eigenvalue weighted by molar-refractivity contribution is 7.98. The lowest BCUT2D eigenvalue weighted by molar-refractivity contribution is -0.384. The van der Waals surface area contributed by atoms with E-state index in [1.165, 1.54) is 11.6 Å². The minimum absolute atomic E-state index is 0.0828. The van der Waals surface area contributed by atoms with Gasteiger partial charge in [-0.05, 0) is 12.1 Å². The highest BCUT2D eigenvalue weighted by atomic mass is 32.2. The Morgan fingerprint density at radius 1 is 1.13 bits per heavy atom. The second kappa shape index (κ2) is 5.55. The summed E-state index contributed by atoms with van der Waals surface area (Å²) < 4.78 is 0. The molecule has 0 fully saturated rings. The number of anilines is 2. The zero-order valence-corrected chi connectivity index (χ0v) is 13.0. The topological polar surface area (TPSA) is 68.1 Å². The molecular formula is C17H13N3O2S. The Balaban J connectivity index is 1.85. The van der Waals surface area contributed by atoms with E-state index in [4.69, 9.17) is 4.98 Å². The molecule has 0 aliphatic carbocycles. The molecule has 0 saturated heterocycles. The van der Waals surface area contributed by atoms with E-state index in [-0.39, 0.29) is 10.6 Å². The normalized spacial score (nSPS) is 13.0. The van der Waals surface area contributed by atoms with Gasteiger partial charge in [0.15, 0.2) is 0 Å². The number of nitro benzene ring substituents is 1. The summed E-state index contributed by atoms with van der Waals surface area (Å²) in [4.78, 5) is 15.3. The summed E-state index contributed by atoms with van der Waals surface area (Å²) >= 11 is 1.84. The summed E-state index contributed by atoms with van der Waals surface area (Å²) in [5, 5.41) is 15.4. The first-order valence-corrected chi connectivity index (χ1v) is 8.37. The molecule has 5 nitrogen and oxygen atoms in total. The molecule has 1 N–H and O–H groups in total. The number of fused-ring (bicyclic) bond motifs is 2. The molecule has 0 atom stereocenters. The molecule has 4 rings (SSSR count). The summed E-state index contributed by atoms with van der Waals surface area (Å²) in [6, 6.07) is 14.6. The predicted octanol–water partition coefficient (Wildman–Crippen LogP) is 4.63. The molecule has 114 valence electrons. The molecule has 6 heteroatoms. The van der Waals surface area contributed by atoms with Crippen LogP contribution in [-0.4, -0.2) is 9.91 Å². The molecule has 1 aromatic heterocycles. The first kappa shape index (κ1) is 14.0. The van der Waals surface area contributed by atoms with Crippen molar-refractivity contribution in [2.45, 2.75) is 11.5 Å². The summed E-state index contributed by atoms with van der Waals surface area (Å²) in [6.45, 7) is 0. The molecule has 0 spiro atoms. The van der Waals surface area contributed by atoms with Gasteiger partial charge in [-0.1, -0.05) is 24.3 Å². The van der Waals surface area contributed by atoms with Gasteiger partial charge in [-0.25, -0.2) is 0 Å². The molecule has 0 unspecified atom stereocenters. The summed E-state index contributed by atoms with van der Waals surface area (Å²) in [6.07, 6.45) is 0. The van der Waals surface area contributed by atoms with Crippen LogP contribution < -0.4 is 5.32 Å². The first-order valence-electron chi connectivity index (χ1n) is 7.22. The van der Waals surface area contributed by atoms with E-state index in [1.807, 2.05) is 42.1 Å². The van der Waals surface area contributed by atoms with Gasteiger partial charge in [0.05, 0.1) is 21.8 Å². The van der Waals surface area contributed by atoms with Crippen LogP contribution in [0.15, 0.2) is 48.5 Å². The summed E-state index contributed by atoms with van der Waals surface area (Å²) in [5.74, 6) is 1.81. The monoisotopic (exact) mass is 323 g/mol. The Hall–Kier alpha value is -2.60. The van der Waals surface area contributed by atoms with Crippen LogP contribution in [0.25, 0.3) is 10.9 Å². The molecule has 23 heavy (non-hydrogen) atoms. The van der Waals surface area contributed by atoms with E-state index < -0.39 is 0 Å². The maximum atomic E-state index is 11.0. The average molecular weight is 323 g/mol. The highest BCUT2D eigenvalue weighted by Gasteiger charge is 2.20. The third kappa shape index (κ3) is 2.51. The maximum Gasteiger partial charge on any atom is 0.271 e. The number of thioether (sulfide) groups is 1. The summed E-state index contributed by atoms with van der Waals surface area (Å²) in [7, 11) is 0. The SMILES string of the molecule is O=[N+]([O-])c1cccc(Nc2c3c(nc4ccccc24)CSC3)c1. The number of rotatable bonds is 3. The van der Waals surface area contributed by atoms with Gasteiger partial charge in [-0.3, -0.25) is 15.1 Å². The van der Waals surface area contributed by atoms with Crippen molar-refractivity contribution in [2.75, 3.05) is 5.32 Å². The van der Waals surface area contributed by atoms with E-state index in [0.29, 0.717) is 0 Å². The number of pyridine rings is 1. The van der Waals surface area contributed by atoms with Crippen LogP contribution in [0.3, 0.4) is 0 Å². The van der Waals surface area contributed by atoms with E-state index in [2.05, 4.69) is 5.32 Å². The Labute approximate surface area is 136 Å². The number of para-hydroxylation sites is 1. The van der Waals surface area contributed by atoms with Crippen molar-refractivity contribution in [3.8, 4) is 0 Å². The van der Waals surface area contributed by atoms with Crippen molar-refractivity contribution in [3.05, 3.63) is 69.9 Å². The van der Waals surface area contributed by atoms with Gasteiger partial charge in [0.2, 0.25) is 0 Å². The lowest BCUT2D eigenvalue weighted by atomic mass is 10.1. The Bertz CT molecular complexity index is 927. The third-order valence-corrected chi connectivity index (χ3v) is 4.86. The predicted molar refractivity (Wildman–Crippen MR) is 93.1 cm³/mol. The van der Waals surface area contributed by atoms with Crippen LogP contribution in [0.1, 0.15) is 11.3 Å². The quantitative estimate of drug-likeness (QED) is 0.562. The van der Waals surface area contributed by atoms with E-state index in [0.717, 1.165) is 39.5 Å². The van der Waals surface area contributed by atoms with Gasteiger partial charge in [0.1, 0.15) is 0 Å². The molecule has 2 heterocycles. The van der Waals surface area contributed by atoms with Crippen molar-refractivity contribution >= 4 is 39.7 Å². The Morgan fingerprint density at radius 2 is 2.00 bits per heavy atom. The molecule has 0 amide bonds. The minimum Gasteiger partial charge on any atom is -0.354 e. The molecule has 3 aromatic rings. The van der Waals surface area contributed by atoms with Crippen molar-refractivity contribution in [2.24, 2.45) is 0 Å². The van der Waals surface area contributed by atoms with E-state index in [1.54, 1.807) is 12.1 Å². The molecule has 0 radical (unpaired) electrons. The lowest BCUT2D eigenvalue weighted by Gasteiger charge is -2.14. The number of nitrogens with one attached hydrogen (secondary N) is 1. The molecular weight excluding hydrogens is 310 g/mol. The molecule has 0 saturated carbocycles. The molecule has 0 bridgehead atoms. The molecule has 2 aromatic carbocycles. The minimum atomic E-state index is -0.379. The van der Waals surface area contributed by atoms with Crippen LogP contribution in [0.4, 0.5) is 17.1 Å². The van der Waals surface area contributed by atoms with Gasteiger partial charge in [-0.15, -0.1) is 0 Å². The van der Waals surface area contributed by atoms with Gasteiger partial charge in [-0.2, -0.15) is 11.8 Å². The largest absolute Gasteiger partial charge is 0.354 e.